The molecule has 3 aromatic rings. The highest BCUT2D eigenvalue weighted by molar-refractivity contribution is 5.92. The van der Waals surface area contributed by atoms with Crippen molar-refractivity contribution < 1.29 is 9.53 Å². The molecule has 1 saturated heterocycles. The van der Waals surface area contributed by atoms with Gasteiger partial charge in [-0.1, -0.05) is 43.2 Å². The van der Waals surface area contributed by atoms with Crippen molar-refractivity contribution in [3.63, 3.8) is 0 Å². The van der Waals surface area contributed by atoms with Crippen LogP contribution in [0, 0.1) is 6.92 Å². The second-order valence-corrected chi connectivity index (χ2v) is 7.86. The van der Waals surface area contributed by atoms with Crippen LogP contribution in [-0.4, -0.2) is 35.8 Å². The number of ether oxygens (including phenoxy) is 1. The predicted octanol–water partition coefficient (Wildman–Crippen LogP) is 4.85. The van der Waals surface area contributed by atoms with Crippen LogP contribution in [0.5, 0.6) is 5.75 Å². The molecule has 160 valence electrons. The molecule has 1 aliphatic rings. The summed E-state index contributed by atoms with van der Waals surface area (Å²) in [6.07, 6.45) is 4.99. The maximum Gasteiger partial charge on any atom is 0.262 e. The highest BCUT2D eigenvalue weighted by Gasteiger charge is 2.12. The summed E-state index contributed by atoms with van der Waals surface area (Å²) in [6.45, 7) is 4.00. The Bertz CT molecular complexity index is 1010. The Morgan fingerprint density at radius 1 is 0.968 bits per heavy atom. The average Bonchev–Trinajstić information content (AvgIpc) is 3.09. The fourth-order valence-corrected chi connectivity index (χ4v) is 3.76. The van der Waals surface area contributed by atoms with Gasteiger partial charge in [0.05, 0.1) is 5.69 Å². The molecule has 1 fully saturated rings. The molecule has 0 bridgehead atoms. The highest BCUT2D eigenvalue weighted by atomic mass is 16.5. The van der Waals surface area contributed by atoms with Crippen molar-refractivity contribution in [2.75, 3.05) is 29.9 Å². The zero-order valence-electron chi connectivity index (χ0n) is 17.9. The molecule has 1 aliphatic heterocycles. The first-order valence-corrected chi connectivity index (χ1v) is 10.9. The molecule has 0 saturated carbocycles. The molecule has 0 radical (unpaired) electrons. The van der Waals surface area contributed by atoms with Crippen LogP contribution in [-0.2, 0) is 4.79 Å². The molecule has 2 heterocycles. The van der Waals surface area contributed by atoms with Crippen LogP contribution >= 0.6 is 0 Å². The molecule has 1 aromatic heterocycles. The van der Waals surface area contributed by atoms with Crippen LogP contribution in [0.4, 0.5) is 11.5 Å². The SMILES string of the molecule is Cc1ccccc1OCC(=O)Nc1cccc(-c2ccc(N3CCCCCC3)nn2)c1. The number of aromatic nitrogens is 2. The minimum atomic E-state index is -0.206. The van der Waals surface area contributed by atoms with Gasteiger partial charge in [-0.3, -0.25) is 4.79 Å². The van der Waals surface area contributed by atoms with E-state index in [0.29, 0.717) is 11.4 Å². The lowest BCUT2D eigenvalue weighted by molar-refractivity contribution is -0.118. The second kappa shape index (κ2) is 10.1. The van der Waals surface area contributed by atoms with Crippen LogP contribution in [0.2, 0.25) is 0 Å². The number of nitrogens with zero attached hydrogens (tertiary/aromatic N) is 3. The summed E-state index contributed by atoms with van der Waals surface area (Å²) in [7, 11) is 0. The second-order valence-electron chi connectivity index (χ2n) is 7.86. The zero-order valence-corrected chi connectivity index (χ0v) is 17.9. The van der Waals surface area contributed by atoms with E-state index in [1.807, 2.05) is 67.6 Å². The molecule has 0 atom stereocenters. The third kappa shape index (κ3) is 5.60. The van der Waals surface area contributed by atoms with Crippen LogP contribution in [0.25, 0.3) is 11.3 Å². The Morgan fingerprint density at radius 3 is 2.52 bits per heavy atom. The number of carbonyl (C=O) groups excluding carboxylic acids is 1. The van der Waals surface area contributed by atoms with Gasteiger partial charge in [-0.05, 0) is 55.7 Å². The Morgan fingerprint density at radius 2 is 1.77 bits per heavy atom. The van der Waals surface area contributed by atoms with Crippen molar-refractivity contribution in [2.24, 2.45) is 0 Å². The minimum Gasteiger partial charge on any atom is -0.483 e. The number of anilines is 2. The number of benzene rings is 2. The normalized spacial score (nSPS) is 14.0. The minimum absolute atomic E-state index is 0.0422. The van der Waals surface area contributed by atoms with Crippen molar-refractivity contribution in [3.05, 3.63) is 66.2 Å². The molecule has 2 aromatic carbocycles. The van der Waals surface area contributed by atoms with E-state index in [9.17, 15) is 4.79 Å². The lowest BCUT2D eigenvalue weighted by Crippen LogP contribution is -2.25. The number of aryl methyl sites for hydroxylation is 1. The zero-order chi connectivity index (χ0) is 21.5. The van der Waals surface area contributed by atoms with E-state index < -0.39 is 0 Å². The Hall–Kier alpha value is -3.41. The Kier molecular flexibility index (Phi) is 6.77. The van der Waals surface area contributed by atoms with E-state index >= 15 is 0 Å². The molecule has 0 spiro atoms. The van der Waals surface area contributed by atoms with Crippen LogP contribution in [0.15, 0.2) is 60.7 Å². The molecule has 31 heavy (non-hydrogen) atoms. The first kappa shape index (κ1) is 20.8. The highest BCUT2D eigenvalue weighted by Crippen LogP contribution is 2.23. The van der Waals surface area contributed by atoms with E-state index in [2.05, 4.69) is 20.4 Å². The number of carbonyl (C=O) groups is 1. The van der Waals surface area contributed by atoms with E-state index in [0.717, 1.165) is 35.7 Å². The standard InChI is InChI=1S/C25H28N4O2/c1-19-9-4-5-12-23(19)31-18-25(30)26-21-11-8-10-20(17-21)22-13-14-24(28-27-22)29-15-6-2-3-7-16-29/h4-5,8-14,17H,2-3,6-7,15-16,18H2,1H3,(H,26,30). The average molecular weight is 417 g/mol. The van der Waals surface area contributed by atoms with Gasteiger partial charge >= 0.3 is 0 Å². The quantitative estimate of drug-likeness (QED) is 0.622. The smallest absolute Gasteiger partial charge is 0.262 e. The summed E-state index contributed by atoms with van der Waals surface area (Å²) >= 11 is 0. The maximum absolute atomic E-state index is 12.3. The Labute approximate surface area is 183 Å². The molecule has 4 rings (SSSR count). The summed E-state index contributed by atoms with van der Waals surface area (Å²) < 4.78 is 5.63. The number of hydrogen-bond donors (Lipinski definition) is 1. The molecule has 6 nitrogen and oxygen atoms in total. The molecular formula is C25H28N4O2. The molecule has 1 amide bonds. The summed E-state index contributed by atoms with van der Waals surface area (Å²) in [5, 5.41) is 11.8. The lowest BCUT2D eigenvalue weighted by atomic mass is 10.1. The topological polar surface area (TPSA) is 67.3 Å². The molecule has 0 aliphatic carbocycles. The van der Waals surface area contributed by atoms with Crippen LogP contribution in [0.3, 0.4) is 0 Å². The first-order valence-electron chi connectivity index (χ1n) is 10.9. The molecule has 6 heteroatoms. The predicted molar refractivity (Wildman–Crippen MR) is 123 cm³/mol. The fourth-order valence-electron chi connectivity index (χ4n) is 3.76. The van der Waals surface area contributed by atoms with Gasteiger partial charge in [0.25, 0.3) is 5.91 Å². The van der Waals surface area contributed by atoms with Crippen LogP contribution < -0.4 is 15.0 Å². The van der Waals surface area contributed by atoms with Crippen molar-refractivity contribution in [1.82, 2.24) is 10.2 Å². The number of amides is 1. The largest absolute Gasteiger partial charge is 0.483 e. The van der Waals surface area contributed by atoms with Gasteiger partial charge in [-0.2, -0.15) is 0 Å². The summed E-state index contributed by atoms with van der Waals surface area (Å²) in [6, 6.07) is 19.3. The van der Waals surface area contributed by atoms with E-state index in [-0.39, 0.29) is 12.5 Å². The van der Waals surface area contributed by atoms with E-state index in [1.165, 1.54) is 25.7 Å². The number of hydrogen-bond acceptors (Lipinski definition) is 5. The van der Waals surface area contributed by atoms with Gasteiger partial charge in [0.2, 0.25) is 0 Å². The fraction of sp³-hybridized carbons (Fsp3) is 0.320. The lowest BCUT2D eigenvalue weighted by Gasteiger charge is -2.20. The monoisotopic (exact) mass is 416 g/mol. The summed E-state index contributed by atoms with van der Waals surface area (Å²) in [5.41, 5.74) is 3.40. The summed E-state index contributed by atoms with van der Waals surface area (Å²) in [5.74, 6) is 1.44. The van der Waals surface area contributed by atoms with Crippen molar-refractivity contribution >= 4 is 17.4 Å². The van der Waals surface area contributed by atoms with Gasteiger partial charge < -0.3 is 15.0 Å². The summed E-state index contributed by atoms with van der Waals surface area (Å²) in [4.78, 5) is 14.6. The first-order chi connectivity index (χ1) is 15.2. The number of para-hydroxylation sites is 1. The van der Waals surface area contributed by atoms with E-state index in [4.69, 9.17) is 4.74 Å². The van der Waals surface area contributed by atoms with Gasteiger partial charge in [0.1, 0.15) is 5.75 Å². The maximum atomic E-state index is 12.3. The Balaban J connectivity index is 1.38. The van der Waals surface area contributed by atoms with Crippen molar-refractivity contribution in [1.29, 1.82) is 0 Å². The molecule has 0 unspecified atom stereocenters. The van der Waals surface area contributed by atoms with E-state index in [1.54, 1.807) is 0 Å². The molecule has 1 N–H and O–H groups in total. The van der Waals surface area contributed by atoms with Crippen molar-refractivity contribution in [3.8, 4) is 17.0 Å². The molecular weight excluding hydrogens is 388 g/mol. The van der Waals surface area contributed by atoms with Crippen molar-refractivity contribution in [2.45, 2.75) is 32.6 Å². The number of rotatable bonds is 6. The van der Waals surface area contributed by atoms with Gasteiger partial charge in [0.15, 0.2) is 12.4 Å². The van der Waals surface area contributed by atoms with Crippen LogP contribution in [0.1, 0.15) is 31.2 Å². The van der Waals surface area contributed by atoms with Gasteiger partial charge in [-0.25, -0.2) is 0 Å². The van der Waals surface area contributed by atoms with Gasteiger partial charge in [0, 0.05) is 24.3 Å². The third-order valence-electron chi connectivity index (χ3n) is 5.47. The third-order valence-corrected chi connectivity index (χ3v) is 5.47. The number of nitrogens with one attached hydrogen (secondary N) is 1. The van der Waals surface area contributed by atoms with Gasteiger partial charge in [-0.15, -0.1) is 10.2 Å².